The molecule has 3 nitrogen and oxygen atoms in total. The van der Waals surface area contributed by atoms with Crippen molar-refractivity contribution in [3.05, 3.63) is 35.6 Å². The molecule has 0 bridgehead atoms. The molecule has 0 saturated heterocycles. The van der Waals surface area contributed by atoms with Gasteiger partial charge in [0.05, 0.1) is 0 Å². The van der Waals surface area contributed by atoms with Gasteiger partial charge in [-0.15, -0.1) is 0 Å². The van der Waals surface area contributed by atoms with Crippen LogP contribution in [0.15, 0.2) is 28.7 Å². The summed E-state index contributed by atoms with van der Waals surface area (Å²) in [6, 6.07) is 7.67. The van der Waals surface area contributed by atoms with E-state index in [0.29, 0.717) is 0 Å². The van der Waals surface area contributed by atoms with E-state index in [4.69, 9.17) is 10.2 Å². The van der Waals surface area contributed by atoms with Crippen molar-refractivity contribution >= 4 is 16.9 Å². The first kappa shape index (κ1) is 6.71. The van der Waals surface area contributed by atoms with E-state index in [1.165, 1.54) is 0 Å². The number of hydrogen-bond acceptors (Lipinski definition) is 2. The lowest BCUT2D eigenvalue weighted by atomic mass is 10.2. The molecule has 3 heteroatoms. The molecule has 0 radical (unpaired) electrons. The van der Waals surface area contributed by atoms with Gasteiger partial charge in [0.15, 0.2) is 0 Å². The molecule has 1 amide bonds. The van der Waals surface area contributed by atoms with Crippen LogP contribution in [0.1, 0.15) is 17.2 Å². The average molecular weight is 173 g/mol. The van der Waals surface area contributed by atoms with Gasteiger partial charge in [-0.25, -0.2) is 0 Å². The Morgan fingerprint density at radius 1 is 1.38 bits per heavy atom. The van der Waals surface area contributed by atoms with Crippen molar-refractivity contribution in [2.24, 2.45) is 5.73 Å². The maximum Gasteiger partial charge on any atom is 0.232 e. The van der Waals surface area contributed by atoms with E-state index in [1.54, 1.807) is 0 Å². The number of nitrogens with two attached hydrogens (primary N) is 1. The zero-order chi connectivity index (χ0) is 9.00. The molecular weight excluding hydrogens is 166 g/mol. The van der Waals surface area contributed by atoms with E-state index in [9.17, 15) is 4.79 Å². The number of hydrogen-bond donors (Lipinski definition) is 1. The van der Waals surface area contributed by atoms with E-state index in [0.717, 1.165) is 22.3 Å². The van der Waals surface area contributed by atoms with E-state index in [-0.39, 0.29) is 11.8 Å². The zero-order valence-corrected chi connectivity index (χ0v) is 6.78. The molecule has 0 aliphatic heterocycles. The number of para-hydroxylation sites is 1. The zero-order valence-electron chi connectivity index (χ0n) is 6.78. The first-order chi connectivity index (χ1) is 6.29. The summed E-state index contributed by atoms with van der Waals surface area (Å²) < 4.78 is 5.43. The van der Waals surface area contributed by atoms with Crippen LogP contribution in [0.5, 0.6) is 0 Å². The molecule has 1 aliphatic carbocycles. The Hall–Kier alpha value is -1.77. The van der Waals surface area contributed by atoms with Crippen molar-refractivity contribution in [2.75, 3.05) is 0 Å². The summed E-state index contributed by atoms with van der Waals surface area (Å²) in [7, 11) is 0. The minimum absolute atomic E-state index is 0.255. The molecule has 3 rings (SSSR count). The summed E-state index contributed by atoms with van der Waals surface area (Å²) in [5.74, 6) is 0.170. The molecule has 13 heavy (non-hydrogen) atoms. The van der Waals surface area contributed by atoms with Gasteiger partial charge < -0.3 is 10.2 Å². The molecule has 2 aromatic rings. The van der Waals surface area contributed by atoms with E-state index in [1.807, 2.05) is 24.3 Å². The molecule has 1 unspecified atom stereocenters. The molecule has 0 spiro atoms. The van der Waals surface area contributed by atoms with Crippen LogP contribution in [-0.2, 0) is 4.79 Å². The van der Waals surface area contributed by atoms with Crippen LogP contribution < -0.4 is 5.73 Å². The number of carbonyl (C=O) groups is 1. The second-order valence-electron chi connectivity index (χ2n) is 3.21. The lowest BCUT2D eigenvalue weighted by Gasteiger charge is -1.92. The molecule has 1 aliphatic rings. The maximum absolute atomic E-state index is 10.9. The van der Waals surface area contributed by atoms with Gasteiger partial charge in [0.2, 0.25) is 5.91 Å². The van der Waals surface area contributed by atoms with Gasteiger partial charge in [0.1, 0.15) is 17.3 Å². The van der Waals surface area contributed by atoms with Crippen molar-refractivity contribution in [1.29, 1.82) is 0 Å². The van der Waals surface area contributed by atoms with Crippen molar-refractivity contribution in [3.63, 3.8) is 0 Å². The van der Waals surface area contributed by atoms with Crippen LogP contribution >= 0.6 is 0 Å². The van der Waals surface area contributed by atoms with E-state index >= 15 is 0 Å². The average Bonchev–Trinajstić information content (AvgIpc) is 2.71. The van der Waals surface area contributed by atoms with Crippen molar-refractivity contribution < 1.29 is 9.21 Å². The third-order valence-corrected chi connectivity index (χ3v) is 2.41. The standard InChI is InChI=1S/C10H7NO2/c11-10(12)8-7-5-3-1-2-4-6(5)13-9(7)8/h1-4,8H,(H2,11,12). The molecule has 1 heterocycles. The van der Waals surface area contributed by atoms with Gasteiger partial charge in [0, 0.05) is 10.9 Å². The van der Waals surface area contributed by atoms with Crippen molar-refractivity contribution in [1.82, 2.24) is 0 Å². The molecule has 1 aromatic heterocycles. The first-order valence-electron chi connectivity index (χ1n) is 4.09. The number of fused-ring (bicyclic) bond motifs is 3. The summed E-state index contributed by atoms with van der Waals surface area (Å²) in [4.78, 5) is 10.9. The van der Waals surface area contributed by atoms with Crippen LogP contribution in [0.2, 0.25) is 0 Å². The highest BCUT2D eigenvalue weighted by molar-refractivity contribution is 6.01. The quantitative estimate of drug-likeness (QED) is 0.707. The molecule has 2 N–H and O–H groups in total. The number of amides is 1. The van der Waals surface area contributed by atoms with Crippen LogP contribution in [-0.4, -0.2) is 5.91 Å². The highest BCUT2D eigenvalue weighted by Gasteiger charge is 2.44. The highest BCUT2D eigenvalue weighted by Crippen LogP contribution is 2.49. The predicted octanol–water partition coefficient (Wildman–Crippen LogP) is 1.36. The highest BCUT2D eigenvalue weighted by atomic mass is 16.3. The van der Waals surface area contributed by atoms with Crippen molar-refractivity contribution in [2.45, 2.75) is 5.92 Å². The van der Waals surface area contributed by atoms with Crippen LogP contribution in [0.25, 0.3) is 11.0 Å². The normalized spacial score (nSPS) is 18.6. The Kier molecular flexibility index (Phi) is 0.999. The molecule has 0 fully saturated rings. The summed E-state index contributed by atoms with van der Waals surface area (Å²) >= 11 is 0. The number of furan rings is 1. The van der Waals surface area contributed by atoms with Gasteiger partial charge in [-0.05, 0) is 6.07 Å². The second-order valence-corrected chi connectivity index (χ2v) is 3.21. The van der Waals surface area contributed by atoms with Crippen LogP contribution in [0.4, 0.5) is 0 Å². The molecule has 64 valence electrons. The molecule has 0 saturated carbocycles. The minimum Gasteiger partial charge on any atom is -0.460 e. The molecular formula is C10H7NO2. The monoisotopic (exact) mass is 173 g/mol. The minimum atomic E-state index is -0.320. The van der Waals surface area contributed by atoms with E-state index in [2.05, 4.69) is 0 Å². The summed E-state index contributed by atoms with van der Waals surface area (Å²) in [5, 5.41) is 1.02. The van der Waals surface area contributed by atoms with Gasteiger partial charge in [-0.1, -0.05) is 18.2 Å². The lowest BCUT2D eigenvalue weighted by molar-refractivity contribution is -0.117. The molecule has 1 atom stereocenters. The second kappa shape index (κ2) is 1.93. The number of benzene rings is 1. The van der Waals surface area contributed by atoms with Gasteiger partial charge in [-0.2, -0.15) is 0 Å². The largest absolute Gasteiger partial charge is 0.460 e. The maximum atomic E-state index is 10.9. The fourth-order valence-corrected chi connectivity index (χ4v) is 1.77. The Morgan fingerprint density at radius 3 is 2.92 bits per heavy atom. The van der Waals surface area contributed by atoms with Crippen LogP contribution in [0, 0.1) is 0 Å². The Labute approximate surface area is 74.1 Å². The lowest BCUT2D eigenvalue weighted by Crippen LogP contribution is -2.12. The summed E-state index contributed by atoms with van der Waals surface area (Å²) in [6.07, 6.45) is 0. The third kappa shape index (κ3) is 0.710. The van der Waals surface area contributed by atoms with Gasteiger partial charge in [-0.3, -0.25) is 4.79 Å². The third-order valence-electron chi connectivity index (χ3n) is 2.41. The molecule has 1 aromatic carbocycles. The van der Waals surface area contributed by atoms with Crippen molar-refractivity contribution in [3.8, 4) is 0 Å². The number of carbonyl (C=O) groups excluding carboxylic acids is 1. The number of rotatable bonds is 1. The summed E-state index contributed by atoms with van der Waals surface area (Å²) in [6.45, 7) is 0. The fraction of sp³-hybridized carbons (Fsp3) is 0.100. The summed E-state index contributed by atoms with van der Waals surface area (Å²) in [5.41, 5.74) is 7.00. The number of primary amides is 1. The SMILES string of the molecule is NC(=O)C1c2oc3ccccc3c21. The van der Waals surface area contributed by atoms with Crippen LogP contribution in [0.3, 0.4) is 0 Å². The first-order valence-corrected chi connectivity index (χ1v) is 4.09. The topological polar surface area (TPSA) is 56.2 Å². The predicted molar refractivity (Wildman–Crippen MR) is 47.3 cm³/mol. The Balaban J connectivity index is 2.24. The van der Waals surface area contributed by atoms with Gasteiger partial charge >= 0.3 is 0 Å². The van der Waals surface area contributed by atoms with Gasteiger partial charge in [0.25, 0.3) is 0 Å². The Bertz CT molecular complexity index is 513. The van der Waals surface area contributed by atoms with E-state index < -0.39 is 0 Å². The smallest absolute Gasteiger partial charge is 0.232 e. The fourth-order valence-electron chi connectivity index (χ4n) is 1.77. The Morgan fingerprint density at radius 2 is 2.15 bits per heavy atom.